The van der Waals surface area contributed by atoms with Gasteiger partial charge in [-0.15, -0.1) is 0 Å². The summed E-state index contributed by atoms with van der Waals surface area (Å²) in [6.07, 6.45) is 0. The number of anilines is 3. The van der Waals surface area contributed by atoms with Gasteiger partial charge in [0.15, 0.2) is 0 Å². The van der Waals surface area contributed by atoms with Crippen LogP contribution >= 0.6 is 0 Å². The summed E-state index contributed by atoms with van der Waals surface area (Å²) in [5.74, 6) is 0.734. The first kappa shape index (κ1) is 19.8. The Hall–Kier alpha value is -4.00. The van der Waals surface area contributed by atoms with Crippen molar-refractivity contribution in [3.63, 3.8) is 0 Å². The van der Waals surface area contributed by atoms with Crippen molar-refractivity contribution in [3.8, 4) is 5.75 Å². The standard InChI is InChI=1S/C22H22N4O3/c1-29-20-12-5-7-16(13-20)15-23-21(27)25-18-10-6-11-19(14-18)26-22(28)24-17-8-3-2-4-9-17/h2-14H,15H2,1H3,(H2,23,25,27)(H2,24,26,28). The largest absolute Gasteiger partial charge is 0.497 e. The third-order valence-electron chi connectivity index (χ3n) is 4.00. The molecular formula is C22H22N4O3. The predicted octanol–water partition coefficient (Wildman–Crippen LogP) is 4.66. The Balaban J connectivity index is 1.52. The quantitative estimate of drug-likeness (QED) is 0.493. The zero-order valence-corrected chi connectivity index (χ0v) is 15.9. The maximum atomic E-state index is 12.2. The van der Waals surface area contributed by atoms with E-state index in [1.165, 1.54) is 0 Å². The summed E-state index contributed by atoms with van der Waals surface area (Å²) in [7, 11) is 1.60. The summed E-state index contributed by atoms with van der Waals surface area (Å²) in [5, 5.41) is 11.0. The van der Waals surface area contributed by atoms with E-state index >= 15 is 0 Å². The second-order valence-electron chi connectivity index (χ2n) is 6.19. The van der Waals surface area contributed by atoms with Crippen LogP contribution in [0.3, 0.4) is 0 Å². The Labute approximate surface area is 169 Å². The van der Waals surface area contributed by atoms with Crippen molar-refractivity contribution < 1.29 is 14.3 Å². The minimum atomic E-state index is -0.365. The molecule has 0 fully saturated rings. The number of rotatable bonds is 6. The average Bonchev–Trinajstić information content (AvgIpc) is 2.73. The molecule has 29 heavy (non-hydrogen) atoms. The van der Waals surface area contributed by atoms with Crippen LogP contribution < -0.4 is 26.0 Å². The number of para-hydroxylation sites is 1. The summed E-state index contributed by atoms with van der Waals surface area (Å²) in [6.45, 7) is 0.362. The lowest BCUT2D eigenvalue weighted by Crippen LogP contribution is -2.28. The van der Waals surface area contributed by atoms with Gasteiger partial charge in [-0.25, -0.2) is 9.59 Å². The van der Waals surface area contributed by atoms with Crippen molar-refractivity contribution in [3.05, 3.63) is 84.4 Å². The van der Waals surface area contributed by atoms with E-state index in [2.05, 4.69) is 21.3 Å². The fraction of sp³-hybridized carbons (Fsp3) is 0.0909. The molecule has 0 aliphatic rings. The number of nitrogens with one attached hydrogen (secondary N) is 4. The van der Waals surface area contributed by atoms with Gasteiger partial charge in [-0.1, -0.05) is 36.4 Å². The van der Waals surface area contributed by atoms with Crippen LogP contribution in [0.4, 0.5) is 26.7 Å². The van der Waals surface area contributed by atoms with E-state index in [1.807, 2.05) is 42.5 Å². The highest BCUT2D eigenvalue weighted by Crippen LogP contribution is 2.16. The summed E-state index contributed by atoms with van der Waals surface area (Å²) in [5.41, 5.74) is 2.73. The molecule has 0 bridgehead atoms. The summed E-state index contributed by atoms with van der Waals surface area (Å²) in [4.78, 5) is 24.3. The third kappa shape index (κ3) is 6.28. The lowest BCUT2D eigenvalue weighted by Gasteiger charge is -2.11. The number of hydrogen-bond donors (Lipinski definition) is 4. The molecule has 0 unspecified atom stereocenters. The number of amides is 4. The van der Waals surface area contributed by atoms with Crippen molar-refractivity contribution in [2.45, 2.75) is 6.54 Å². The molecule has 7 nitrogen and oxygen atoms in total. The van der Waals surface area contributed by atoms with Gasteiger partial charge in [-0.05, 0) is 48.0 Å². The first-order chi connectivity index (χ1) is 14.1. The number of ether oxygens (including phenoxy) is 1. The smallest absolute Gasteiger partial charge is 0.323 e. The van der Waals surface area contributed by atoms with Crippen LogP contribution in [-0.2, 0) is 6.54 Å². The molecule has 0 radical (unpaired) electrons. The Morgan fingerprint density at radius 3 is 2.07 bits per heavy atom. The molecule has 0 aromatic heterocycles. The third-order valence-corrected chi connectivity index (χ3v) is 4.00. The lowest BCUT2D eigenvalue weighted by molar-refractivity contribution is 0.251. The number of hydrogen-bond acceptors (Lipinski definition) is 3. The Bertz CT molecular complexity index is 977. The summed E-state index contributed by atoms with van der Waals surface area (Å²) >= 11 is 0. The molecule has 0 atom stereocenters. The number of methoxy groups -OCH3 is 1. The lowest BCUT2D eigenvalue weighted by atomic mass is 10.2. The van der Waals surface area contributed by atoms with Crippen molar-refractivity contribution in [1.29, 1.82) is 0 Å². The van der Waals surface area contributed by atoms with Gasteiger partial charge in [0, 0.05) is 23.6 Å². The topological polar surface area (TPSA) is 91.5 Å². The Kier molecular flexibility index (Phi) is 6.67. The number of urea groups is 2. The molecule has 4 amide bonds. The highest BCUT2D eigenvalue weighted by molar-refractivity contribution is 6.00. The zero-order valence-electron chi connectivity index (χ0n) is 15.9. The number of carbonyl (C=O) groups excluding carboxylic acids is 2. The van der Waals surface area contributed by atoms with Gasteiger partial charge in [0.2, 0.25) is 0 Å². The van der Waals surface area contributed by atoms with Crippen molar-refractivity contribution in [2.24, 2.45) is 0 Å². The molecule has 0 spiro atoms. The monoisotopic (exact) mass is 390 g/mol. The minimum absolute atomic E-state index is 0.348. The zero-order chi connectivity index (χ0) is 20.5. The molecule has 0 saturated heterocycles. The SMILES string of the molecule is COc1cccc(CNC(=O)Nc2cccc(NC(=O)Nc3ccccc3)c2)c1. The molecule has 3 aromatic carbocycles. The fourth-order valence-electron chi connectivity index (χ4n) is 2.63. The van der Waals surface area contributed by atoms with Crippen LogP contribution in [0.2, 0.25) is 0 Å². The van der Waals surface area contributed by atoms with Gasteiger partial charge >= 0.3 is 12.1 Å². The first-order valence-corrected chi connectivity index (χ1v) is 9.03. The van der Waals surface area contributed by atoms with E-state index in [9.17, 15) is 9.59 Å². The molecule has 0 heterocycles. The molecular weight excluding hydrogens is 368 g/mol. The first-order valence-electron chi connectivity index (χ1n) is 9.03. The van der Waals surface area contributed by atoms with E-state index in [4.69, 9.17) is 4.74 Å². The van der Waals surface area contributed by atoms with Gasteiger partial charge in [0.25, 0.3) is 0 Å². The second-order valence-corrected chi connectivity index (χ2v) is 6.19. The molecule has 7 heteroatoms. The highest BCUT2D eigenvalue weighted by atomic mass is 16.5. The molecule has 0 aliphatic heterocycles. The minimum Gasteiger partial charge on any atom is -0.497 e. The van der Waals surface area contributed by atoms with Crippen LogP contribution in [0.5, 0.6) is 5.75 Å². The highest BCUT2D eigenvalue weighted by Gasteiger charge is 2.06. The molecule has 0 saturated carbocycles. The fourth-order valence-corrected chi connectivity index (χ4v) is 2.63. The van der Waals surface area contributed by atoms with Gasteiger partial charge in [0.05, 0.1) is 7.11 Å². The van der Waals surface area contributed by atoms with E-state index in [1.54, 1.807) is 43.5 Å². The van der Waals surface area contributed by atoms with Crippen molar-refractivity contribution in [1.82, 2.24) is 5.32 Å². The van der Waals surface area contributed by atoms with Gasteiger partial charge in [-0.3, -0.25) is 0 Å². The number of carbonyl (C=O) groups is 2. The van der Waals surface area contributed by atoms with Crippen molar-refractivity contribution in [2.75, 3.05) is 23.1 Å². The molecule has 4 N–H and O–H groups in total. The average molecular weight is 390 g/mol. The van der Waals surface area contributed by atoms with Gasteiger partial charge in [-0.2, -0.15) is 0 Å². The maximum absolute atomic E-state index is 12.2. The predicted molar refractivity (Wildman–Crippen MR) is 114 cm³/mol. The van der Waals surface area contributed by atoms with Crippen LogP contribution in [0.15, 0.2) is 78.9 Å². The van der Waals surface area contributed by atoms with Crippen molar-refractivity contribution >= 4 is 29.1 Å². The summed E-state index contributed by atoms with van der Waals surface area (Å²) < 4.78 is 5.17. The normalized spacial score (nSPS) is 9.97. The van der Waals surface area contributed by atoms with Crippen LogP contribution in [0.1, 0.15) is 5.56 Å². The maximum Gasteiger partial charge on any atom is 0.323 e. The molecule has 148 valence electrons. The molecule has 3 rings (SSSR count). The van der Waals surface area contributed by atoms with Gasteiger partial charge < -0.3 is 26.0 Å². The molecule has 0 aliphatic carbocycles. The molecule has 3 aromatic rings. The van der Waals surface area contributed by atoms with Gasteiger partial charge in [0.1, 0.15) is 5.75 Å². The van der Waals surface area contributed by atoms with E-state index in [0.717, 1.165) is 11.3 Å². The second kappa shape index (κ2) is 9.80. The Morgan fingerprint density at radius 2 is 1.34 bits per heavy atom. The van der Waals surface area contributed by atoms with E-state index in [0.29, 0.717) is 23.6 Å². The van der Waals surface area contributed by atoms with E-state index in [-0.39, 0.29) is 12.1 Å². The summed E-state index contributed by atoms with van der Waals surface area (Å²) in [6, 6.07) is 22.8. The van der Waals surface area contributed by atoms with Crippen LogP contribution in [-0.4, -0.2) is 19.2 Å². The van der Waals surface area contributed by atoms with Crippen LogP contribution in [0, 0.1) is 0 Å². The Morgan fingerprint density at radius 1 is 0.724 bits per heavy atom. The van der Waals surface area contributed by atoms with Crippen LogP contribution in [0.25, 0.3) is 0 Å². The van der Waals surface area contributed by atoms with E-state index < -0.39 is 0 Å². The number of benzene rings is 3.